The van der Waals surface area contributed by atoms with Crippen molar-refractivity contribution >= 4 is 8.07 Å². The standard InChI is InChI=1S/C16H29NSi/c1-6-17-12-16(13-18(3,4)5)11-15-9-7-14(2)8-10-15/h7-10,16-17H,6,11-13H2,1-5H3. The Labute approximate surface area is 114 Å². The van der Waals surface area contributed by atoms with Gasteiger partial charge in [-0.1, -0.05) is 62.4 Å². The van der Waals surface area contributed by atoms with E-state index in [9.17, 15) is 0 Å². The second kappa shape index (κ2) is 7.10. The Bertz CT molecular complexity index is 337. The van der Waals surface area contributed by atoms with Crippen molar-refractivity contribution in [2.75, 3.05) is 13.1 Å². The molecule has 0 fully saturated rings. The molecule has 1 aromatic rings. The lowest BCUT2D eigenvalue weighted by Crippen LogP contribution is -2.31. The first kappa shape index (κ1) is 15.5. The van der Waals surface area contributed by atoms with E-state index in [0.717, 1.165) is 19.0 Å². The summed E-state index contributed by atoms with van der Waals surface area (Å²) in [4.78, 5) is 0. The van der Waals surface area contributed by atoms with Crippen LogP contribution in [0.15, 0.2) is 24.3 Å². The summed E-state index contributed by atoms with van der Waals surface area (Å²) in [7, 11) is -0.975. The van der Waals surface area contributed by atoms with Crippen molar-refractivity contribution in [3.63, 3.8) is 0 Å². The van der Waals surface area contributed by atoms with Crippen molar-refractivity contribution in [1.82, 2.24) is 5.32 Å². The van der Waals surface area contributed by atoms with Gasteiger partial charge in [-0.3, -0.25) is 0 Å². The number of aryl methyl sites for hydroxylation is 1. The van der Waals surface area contributed by atoms with Gasteiger partial charge in [0.25, 0.3) is 0 Å². The van der Waals surface area contributed by atoms with Crippen LogP contribution in [0.5, 0.6) is 0 Å². The predicted octanol–water partition coefficient (Wildman–Crippen LogP) is 4.10. The Morgan fingerprint density at radius 2 is 1.72 bits per heavy atom. The molecular formula is C16H29NSi. The lowest BCUT2D eigenvalue weighted by atomic mass is 10.00. The van der Waals surface area contributed by atoms with Crippen LogP contribution in [0.2, 0.25) is 25.7 Å². The quantitative estimate of drug-likeness (QED) is 0.730. The molecule has 0 aliphatic rings. The highest BCUT2D eigenvalue weighted by molar-refractivity contribution is 6.76. The summed E-state index contributed by atoms with van der Waals surface area (Å²) in [5, 5.41) is 3.52. The van der Waals surface area contributed by atoms with Crippen LogP contribution in [0.25, 0.3) is 0 Å². The molecule has 1 atom stereocenters. The largest absolute Gasteiger partial charge is 0.317 e. The molecule has 1 unspecified atom stereocenters. The van der Waals surface area contributed by atoms with Crippen molar-refractivity contribution in [2.45, 2.75) is 46.0 Å². The van der Waals surface area contributed by atoms with E-state index in [-0.39, 0.29) is 0 Å². The molecule has 0 bridgehead atoms. The third kappa shape index (κ3) is 6.36. The summed E-state index contributed by atoms with van der Waals surface area (Å²) in [6.07, 6.45) is 1.22. The molecule has 1 rings (SSSR count). The van der Waals surface area contributed by atoms with Gasteiger partial charge >= 0.3 is 0 Å². The van der Waals surface area contributed by atoms with Crippen LogP contribution < -0.4 is 5.32 Å². The molecule has 0 heterocycles. The van der Waals surface area contributed by atoms with E-state index in [0.29, 0.717) is 0 Å². The fraction of sp³-hybridized carbons (Fsp3) is 0.625. The molecule has 0 saturated heterocycles. The fourth-order valence-corrected chi connectivity index (χ4v) is 4.51. The van der Waals surface area contributed by atoms with Gasteiger partial charge < -0.3 is 5.32 Å². The molecule has 102 valence electrons. The zero-order valence-corrected chi connectivity index (χ0v) is 13.7. The molecule has 0 aromatic heterocycles. The SMILES string of the molecule is CCNCC(Cc1ccc(C)cc1)C[Si](C)(C)C. The second-order valence-electron chi connectivity index (χ2n) is 6.63. The number of benzene rings is 1. The van der Waals surface area contributed by atoms with Crippen LogP contribution in [0.3, 0.4) is 0 Å². The minimum Gasteiger partial charge on any atom is -0.317 e. The summed E-state index contributed by atoms with van der Waals surface area (Å²) in [6.45, 7) is 14.0. The van der Waals surface area contributed by atoms with Gasteiger partial charge in [0.05, 0.1) is 0 Å². The topological polar surface area (TPSA) is 12.0 Å². The van der Waals surface area contributed by atoms with E-state index in [1.165, 1.54) is 23.6 Å². The molecule has 0 aliphatic heterocycles. The molecule has 18 heavy (non-hydrogen) atoms. The van der Waals surface area contributed by atoms with Gasteiger partial charge in [0.1, 0.15) is 0 Å². The van der Waals surface area contributed by atoms with Crippen LogP contribution in [0.4, 0.5) is 0 Å². The minimum atomic E-state index is -0.975. The summed E-state index contributed by atoms with van der Waals surface area (Å²) >= 11 is 0. The van der Waals surface area contributed by atoms with Crippen molar-refractivity contribution in [3.05, 3.63) is 35.4 Å². The van der Waals surface area contributed by atoms with Gasteiger partial charge in [0.2, 0.25) is 0 Å². The van der Waals surface area contributed by atoms with Gasteiger partial charge in [-0.15, -0.1) is 0 Å². The van der Waals surface area contributed by atoms with Crippen molar-refractivity contribution in [1.29, 1.82) is 0 Å². The van der Waals surface area contributed by atoms with Crippen LogP contribution in [-0.4, -0.2) is 21.2 Å². The Hall–Kier alpha value is -0.603. The van der Waals surface area contributed by atoms with Crippen LogP contribution in [0.1, 0.15) is 18.1 Å². The second-order valence-corrected chi connectivity index (χ2v) is 12.2. The highest BCUT2D eigenvalue weighted by Gasteiger charge is 2.20. The fourth-order valence-electron chi connectivity index (χ4n) is 2.49. The summed E-state index contributed by atoms with van der Waals surface area (Å²) in [5.74, 6) is 0.791. The average Bonchev–Trinajstić information content (AvgIpc) is 2.27. The molecular weight excluding hydrogens is 234 g/mol. The Balaban J connectivity index is 2.62. The van der Waals surface area contributed by atoms with Crippen LogP contribution >= 0.6 is 0 Å². The Morgan fingerprint density at radius 1 is 1.11 bits per heavy atom. The maximum Gasteiger partial charge on any atom is 0.0446 e. The van der Waals surface area contributed by atoms with Crippen molar-refractivity contribution < 1.29 is 0 Å². The van der Waals surface area contributed by atoms with Gasteiger partial charge in [-0.05, 0) is 37.9 Å². The van der Waals surface area contributed by atoms with Crippen molar-refractivity contribution in [3.8, 4) is 0 Å². The number of nitrogens with one attached hydrogen (secondary N) is 1. The minimum absolute atomic E-state index is 0.791. The molecule has 0 spiro atoms. The highest BCUT2D eigenvalue weighted by Crippen LogP contribution is 2.20. The third-order valence-electron chi connectivity index (χ3n) is 3.23. The summed E-state index contributed by atoms with van der Waals surface area (Å²) in [5.41, 5.74) is 2.84. The molecule has 1 N–H and O–H groups in total. The van der Waals surface area contributed by atoms with Gasteiger partial charge in [0, 0.05) is 8.07 Å². The van der Waals surface area contributed by atoms with E-state index in [1.807, 2.05) is 0 Å². The zero-order chi connectivity index (χ0) is 13.6. The normalized spacial score (nSPS) is 13.6. The lowest BCUT2D eigenvalue weighted by Gasteiger charge is -2.25. The molecule has 0 radical (unpaired) electrons. The van der Waals surface area contributed by atoms with E-state index in [1.54, 1.807) is 0 Å². The van der Waals surface area contributed by atoms with Gasteiger partial charge in [-0.2, -0.15) is 0 Å². The predicted molar refractivity (Wildman–Crippen MR) is 85.1 cm³/mol. The first-order valence-electron chi connectivity index (χ1n) is 7.17. The van der Waals surface area contributed by atoms with E-state index in [2.05, 4.69) is 63.1 Å². The first-order chi connectivity index (χ1) is 8.40. The maximum absolute atomic E-state index is 3.52. The molecule has 0 saturated carbocycles. The van der Waals surface area contributed by atoms with Crippen molar-refractivity contribution in [2.24, 2.45) is 5.92 Å². The van der Waals surface area contributed by atoms with E-state index < -0.39 is 8.07 Å². The summed E-state index contributed by atoms with van der Waals surface area (Å²) in [6, 6.07) is 10.5. The monoisotopic (exact) mass is 263 g/mol. The van der Waals surface area contributed by atoms with Crippen LogP contribution in [-0.2, 0) is 6.42 Å². The number of rotatable bonds is 7. The average molecular weight is 264 g/mol. The molecule has 0 aliphatic carbocycles. The molecule has 2 heteroatoms. The highest BCUT2D eigenvalue weighted by atomic mass is 28.3. The Kier molecular flexibility index (Phi) is 6.10. The molecule has 1 aromatic carbocycles. The molecule has 1 nitrogen and oxygen atoms in total. The van der Waals surface area contributed by atoms with Gasteiger partial charge in [0.15, 0.2) is 0 Å². The molecule has 0 amide bonds. The van der Waals surface area contributed by atoms with Gasteiger partial charge in [-0.25, -0.2) is 0 Å². The zero-order valence-electron chi connectivity index (χ0n) is 12.7. The maximum atomic E-state index is 3.52. The smallest absolute Gasteiger partial charge is 0.0446 e. The number of hydrogen-bond donors (Lipinski definition) is 1. The first-order valence-corrected chi connectivity index (χ1v) is 10.9. The third-order valence-corrected chi connectivity index (χ3v) is 5.03. The van der Waals surface area contributed by atoms with E-state index in [4.69, 9.17) is 0 Å². The van der Waals surface area contributed by atoms with E-state index >= 15 is 0 Å². The Morgan fingerprint density at radius 3 is 2.22 bits per heavy atom. The lowest BCUT2D eigenvalue weighted by molar-refractivity contribution is 0.515. The summed E-state index contributed by atoms with van der Waals surface area (Å²) < 4.78 is 0. The van der Waals surface area contributed by atoms with Crippen LogP contribution in [0, 0.1) is 12.8 Å². The number of hydrogen-bond acceptors (Lipinski definition) is 1.